The summed E-state index contributed by atoms with van der Waals surface area (Å²) < 4.78 is 27.2. The van der Waals surface area contributed by atoms with Crippen LogP contribution in [0.1, 0.15) is 94.5 Å². The SMILES string of the molecule is COc1cc2c(cc1O)[C@@H]1C[C@H](O)[C@@H]3Cc4cc(O)c5cc4[C@@H]4C[C@@H](C[C@@H](OC(C)=O)[C@@H](C2)[C@@]1(c1ccc2ccccc2c1)[C@H]34)OC(=O)[C@]12C[C@H](CSS[C@H](O)CO5)[C@H]3[C@@H]4C#C[C@@H](CNCc5cccc(c5)-c5cc(O)cc6ccc1cc56)Cc1ccccc1CSS[C@H]3C=C[C@@H]42. The number of carbonyl (C=O) groups is 2. The average Bonchev–Trinajstić information content (AvgIpc) is 0.721. The highest BCUT2D eigenvalue weighted by Gasteiger charge is 2.68. The van der Waals surface area contributed by atoms with Crippen molar-refractivity contribution in [3.8, 4) is 51.7 Å². The van der Waals surface area contributed by atoms with Gasteiger partial charge in [0.2, 0.25) is 0 Å². The average molecular weight is 1370 g/mol. The van der Waals surface area contributed by atoms with E-state index in [0.29, 0.717) is 50.3 Å². The number of fused-ring (bicyclic) bond motifs is 12. The molecule has 12 nitrogen and oxygen atoms in total. The van der Waals surface area contributed by atoms with Crippen LogP contribution in [0.15, 0.2) is 158 Å². The van der Waals surface area contributed by atoms with Crippen LogP contribution < -0.4 is 14.8 Å². The van der Waals surface area contributed by atoms with Crippen molar-refractivity contribution >= 4 is 76.7 Å². The number of rotatable bonds is 3. The lowest BCUT2D eigenvalue weighted by atomic mass is 9.38. The summed E-state index contributed by atoms with van der Waals surface area (Å²) in [6.07, 6.45) is 4.60. The summed E-state index contributed by atoms with van der Waals surface area (Å²) >= 11 is 0. The second-order valence-electron chi connectivity index (χ2n) is 28.7. The molecule has 9 aliphatic rings. The van der Waals surface area contributed by atoms with Gasteiger partial charge in [-0.05, 0) is 205 Å². The highest BCUT2D eigenvalue weighted by atomic mass is 33.1. The Labute approximate surface area is 580 Å². The van der Waals surface area contributed by atoms with E-state index >= 15 is 4.79 Å². The van der Waals surface area contributed by atoms with Crippen LogP contribution in [-0.4, -0.2) is 92.5 Å². The van der Waals surface area contributed by atoms with Crippen molar-refractivity contribution in [2.75, 3.05) is 26.0 Å². The van der Waals surface area contributed by atoms with Crippen LogP contribution in [0, 0.1) is 59.2 Å². The third-order valence-corrected chi connectivity index (χ3v) is 28.9. The molecular formula is C81H77NO11S4. The van der Waals surface area contributed by atoms with E-state index in [1.165, 1.54) is 28.8 Å². The van der Waals surface area contributed by atoms with Crippen molar-refractivity contribution in [3.63, 3.8) is 0 Å². The molecule has 0 amide bonds. The molecule has 0 radical (unpaired) electrons. The molecule has 3 saturated carbocycles. The summed E-state index contributed by atoms with van der Waals surface area (Å²) in [6.45, 7) is 2.57. The Bertz CT molecular complexity index is 4590. The van der Waals surface area contributed by atoms with Crippen LogP contribution in [-0.2, 0) is 61.5 Å². The zero-order valence-electron chi connectivity index (χ0n) is 54.0. The Morgan fingerprint density at radius 3 is 2.42 bits per heavy atom. The zero-order valence-corrected chi connectivity index (χ0v) is 57.2. The van der Waals surface area contributed by atoms with Crippen molar-refractivity contribution in [1.82, 2.24) is 5.32 Å². The van der Waals surface area contributed by atoms with Crippen LogP contribution in [0.25, 0.3) is 32.7 Å². The maximum absolute atomic E-state index is 17.7. The number of allylic oxidation sites excluding steroid dienone is 1. The third-order valence-electron chi connectivity index (χ3n) is 23.7. The monoisotopic (exact) mass is 1370 g/mol. The van der Waals surface area contributed by atoms with Crippen molar-refractivity contribution in [2.45, 2.75) is 116 Å². The van der Waals surface area contributed by atoms with Crippen molar-refractivity contribution < 1.29 is 54.1 Å². The quantitative estimate of drug-likeness (QED) is 0.0425. The largest absolute Gasteiger partial charge is 0.508 e. The molecular weight excluding hydrogens is 1290 g/mol. The molecule has 6 aliphatic carbocycles. The predicted molar refractivity (Wildman–Crippen MR) is 385 cm³/mol. The van der Waals surface area contributed by atoms with Gasteiger partial charge in [-0.25, -0.2) is 0 Å². The first-order chi connectivity index (χ1) is 47.2. The third kappa shape index (κ3) is 10.8. The number of phenols is 3. The first-order valence-electron chi connectivity index (χ1n) is 34.2. The molecule has 16 heteroatoms. The molecule has 1 spiro atoms. The molecule has 3 fully saturated rings. The van der Waals surface area contributed by atoms with Gasteiger partial charge in [0.25, 0.3) is 0 Å². The molecule has 17 atom stereocenters. The summed E-state index contributed by atoms with van der Waals surface area (Å²) in [5.74, 6) is 5.70. The molecule has 8 aromatic carbocycles. The second kappa shape index (κ2) is 25.2. The van der Waals surface area contributed by atoms with E-state index in [1.54, 1.807) is 30.0 Å². The van der Waals surface area contributed by atoms with Gasteiger partial charge in [-0.1, -0.05) is 164 Å². The fourth-order valence-electron chi connectivity index (χ4n) is 19.9. The lowest BCUT2D eigenvalue weighted by Crippen LogP contribution is -2.65. The number of esters is 2. The first-order valence-corrected chi connectivity index (χ1v) is 39.0. The maximum Gasteiger partial charge on any atom is 0.317 e. The fraction of sp³-hybridized carbons (Fsp3) is 0.383. The van der Waals surface area contributed by atoms with Gasteiger partial charge in [0, 0.05) is 72.3 Å². The van der Waals surface area contributed by atoms with Gasteiger partial charge >= 0.3 is 11.9 Å². The number of nitrogens with one attached hydrogen (secondary N) is 1. The molecule has 17 rings (SSSR count). The van der Waals surface area contributed by atoms with Crippen LogP contribution in [0.4, 0.5) is 0 Å². The summed E-state index contributed by atoms with van der Waals surface area (Å²) in [5.41, 5.74) is 7.45. The number of methoxy groups -OCH3 is 1. The van der Waals surface area contributed by atoms with Gasteiger partial charge in [0.05, 0.1) is 13.2 Å². The minimum Gasteiger partial charge on any atom is -0.508 e. The van der Waals surface area contributed by atoms with Crippen LogP contribution in [0.2, 0.25) is 0 Å². The second-order valence-corrected chi connectivity index (χ2v) is 33.8. The molecule has 97 heavy (non-hydrogen) atoms. The summed E-state index contributed by atoms with van der Waals surface area (Å²) in [7, 11) is 8.19. The summed E-state index contributed by atoms with van der Waals surface area (Å²) in [4.78, 5) is 32.1. The lowest BCUT2D eigenvalue weighted by molar-refractivity contribution is -0.177. The molecule has 0 aromatic heterocycles. The predicted octanol–water partition coefficient (Wildman–Crippen LogP) is 14.7. The highest BCUT2D eigenvalue weighted by Crippen LogP contribution is 2.70. The number of ether oxygens (including phenoxy) is 4. The van der Waals surface area contributed by atoms with E-state index < -0.39 is 82.0 Å². The van der Waals surface area contributed by atoms with Gasteiger partial charge in [-0.15, -0.1) is 0 Å². The molecule has 0 saturated heterocycles. The number of carbonyl (C=O) groups excluding carboxylic acids is 2. The van der Waals surface area contributed by atoms with E-state index in [-0.39, 0.29) is 71.4 Å². The van der Waals surface area contributed by atoms with Gasteiger partial charge < -0.3 is 49.8 Å². The summed E-state index contributed by atoms with van der Waals surface area (Å²) in [5, 5.41) is 68.7. The number of benzene rings is 8. The van der Waals surface area contributed by atoms with Crippen molar-refractivity contribution in [3.05, 3.63) is 208 Å². The number of hydrogen-bond donors (Lipinski definition) is 6. The summed E-state index contributed by atoms with van der Waals surface area (Å²) in [6, 6.07) is 49.6. The Balaban J connectivity index is 0.912. The first kappa shape index (κ1) is 63.3. The van der Waals surface area contributed by atoms with E-state index in [0.717, 1.165) is 83.8 Å². The lowest BCUT2D eigenvalue weighted by Gasteiger charge is -2.66. The molecule has 0 unspecified atom stereocenters. The number of aromatic hydroxyl groups is 3. The van der Waals surface area contributed by atoms with Gasteiger partial charge in [-0.3, -0.25) is 9.59 Å². The standard InChI is InChI=1S/C81H77NO11S4/c1-43(83)92-72-33-58-32-64-62-35-74(70(86)28-52(62)26-65-69(85)36-67-63-34-71(87)73(90-2)29-53(63)27-68(72)81(67,78(64)65)56-18-15-46-9-3-4-11-48(46)24-56)91-40-76(88)97-95-42-54-37-80(79(89)93-58)55-17-16-50-25-57(84)31-61(60(50)30-55)49-13-7-8-44(23-49)38-82-39-45-14-19-59-66(80)20-21-75(77(54)59)96-94-41-51-12-6-5-10-47(51)22-45/h3-13,15-18,20-21,23-25,28-31,34-35,45,54,58-59,64-69,72,75-78,82,84-88H,22,26-27,32-33,36-42H2,1-2H3/t45-,54-,58+,59-,64+,65+,66+,67+,68-,69+,72-,75+,76+,77+,78+,80-,81+/m1/s1. The zero-order chi connectivity index (χ0) is 66.0. The molecule has 3 heterocycles. The smallest absolute Gasteiger partial charge is 0.317 e. The van der Waals surface area contributed by atoms with E-state index in [1.807, 2.05) is 64.1 Å². The molecule has 8 aromatic rings. The van der Waals surface area contributed by atoms with Crippen molar-refractivity contribution in [1.29, 1.82) is 0 Å². The van der Waals surface area contributed by atoms with E-state index in [2.05, 4.69) is 120 Å². The van der Waals surface area contributed by atoms with Gasteiger partial charge in [0.15, 0.2) is 23.0 Å². The normalized spacial score (nSPS) is 32.3. The number of aliphatic hydroxyl groups is 2. The molecule has 3 aliphatic heterocycles. The van der Waals surface area contributed by atoms with E-state index in [9.17, 15) is 30.3 Å². The fourth-order valence-corrected chi connectivity index (χ4v) is 25.1. The Hall–Kier alpha value is -7.20. The van der Waals surface area contributed by atoms with Crippen LogP contribution in [0.5, 0.6) is 28.7 Å². The number of aliphatic hydroxyl groups excluding tert-OH is 2. The Morgan fingerprint density at radius 2 is 1.56 bits per heavy atom. The van der Waals surface area contributed by atoms with Crippen LogP contribution >= 0.6 is 43.2 Å². The maximum atomic E-state index is 17.7. The minimum absolute atomic E-state index is 0.00910. The van der Waals surface area contributed by atoms with Gasteiger partial charge in [0.1, 0.15) is 35.4 Å². The topological polar surface area (TPSA) is 184 Å². The molecule has 15 bridgehead atoms. The molecule has 6 N–H and O–H groups in total. The molecule has 496 valence electrons. The number of hydrogen-bond acceptors (Lipinski definition) is 16. The Kier molecular flexibility index (Phi) is 16.4. The van der Waals surface area contributed by atoms with Crippen LogP contribution in [0.3, 0.4) is 0 Å². The number of phenolic OH excluding ortho intramolecular Hbond substituents is 3. The minimum atomic E-state index is -1.39. The highest BCUT2D eigenvalue weighted by molar-refractivity contribution is 8.77. The van der Waals surface area contributed by atoms with E-state index in [4.69, 9.17) is 18.9 Å². The Morgan fingerprint density at radius 1 is 0.732 bits per heavy atom. The van der Waals surface area contributed by atoms with Gasteiger partial charge in [-0.2, -0.15) is 0 Å². The van der Waals surface area contributed by atoms with Crippen molar-refractivity contribution in [2.24, 2.45) is 47.3 Å².